The predicted octanol–water partition coefficient (Wildman–Crippen LogP) is 2.73. The standard InChI is InChI=1S/C19H20F2N6O/c1-22-19(23-11-14-7-5-6-10-16(14)28-18(20)21)24-12-17-26-25-13-27(17)15-8-3-2-4-9-15/h2-10,13,18H,11-12H2,1H3,(H2,22,23,24). The van der Waals surface area contributed by atoms with Crippen LogP contribution in [-0.4, -0.2) is 34.4 Å². The number of para-hydroxylation sites is 2. The lowest BCUT2D eigenvalue weighted by atomic mass is 10.2. The molecule has 0 unspecified atom stereocenters. The maximum absolute atomic E-state index is 12.5. The third-order valence-electron chi connectivity index (χ3n) is 3.93. The zero-order valence-corrected chi connectivity index (χ0v) is 15.2. The molecule has 0 fully saturated rings. The molecule has 0 aliphatic rings. The number of halogens is 2. The molecule has 0 amide bonds. The Kier molecular flexibility index (Phi) is 6.50. The zero-order chi connectivity index (χ0) is 19.8. The molecule has 0 aliphatic carbocycles. The number of guanidine groups is 1. The lowest BCUT2D eigenvalue weighted by Crippen LogP contribution is -2.37. The lowest BCUT2D eigenvalue weighted by Gasteiger charge is -2.14. The second kappa shape index (κ2) is 9.45. The molecule has 2 aromatic carbocycles. The predicted molar refractivity (Wildman–Crippen MR) is 101 cm³/mol. The van der Waals surface area contributed by atoms with Crippen molar-refractivity contribution in [3.63, 3.8) is 0 Å². The number of alkyl halides is 2. The van der Waals surface area contributed by atoms with E-state index in [0.717, 1.165) is 5.69 Å². The first kappa shape index (κ1) is 19.3. The molecule has 2 N–H and O–H groups in total. The molecule has 3 aromatic rings. The van der Waals surface area contributed by atoms with E-state index in [1.165, 1.54) is 6.07 Å². The van der Waals surface area contributed by atoms with E-state index < -0.39 is 6.61 Å². The molecular formula is C19H20F2N6O. The second-order valence-corrected chi connectivity index (χ2v) is 5.72. The van der Waals surface area contributed by atoms with Gasteiger partial charge in [-0.1, -0.05) is 36.4 Å². The van der Waals surface area contributed by atoms with Crippen LogP contribution in [0.25, 0.3) is 5.69 Å². The summed E-state index contributed by atoms with van der Waals surface area (Å²) in [7, 11) is 1.62. The Bertz CT molecular complexity index is 914. The van der Waals surface area contributed by atoms with E-state index in [-0.39, 0.29) is 12.3 Å². The van der Waals surface area contributed by atoms with Gasteiger partial charge in [0.15, 0.2) is 11.8 Å². The molecule has 0 aliphatic heterocycles. The molecule has 0 bridgehead atoms. The summed E-state index contributed by atoms with van der Waals surface area (Å²) in [6, 6.07) is 16.3. The summed E-state index contributed by atoms with van der Waals surface area (Å²) in [5, 5.41) is 14.3. The van der Waals surface area contributed by atoms with Crippen LogP contribution in [0.2, 0.25) is 0 Å². The van der Waals surface area contributed by atoms with Crippen molar-refractivity contribution >= 4 is 5.96 Å². The highest BCUT2D eigenvalue weighted by Gasteiger charge is 2.10. The van der Waals surface area contributed by atoms with Gasteiger partial charge in [0.1, 0.15) is 12.1 Å². The molecule has 146 valence electrons. The van der Waals surface area contributed by atoms with Crippen LogP contribution >= 0.6 is 0 Å². The summed E-state index contributed by atoms with van der Waals surface area (Å²) >= 11 is 0. The van der Waals surface area contributed by atoms with Gasteiger partial charge in [0.2, 0.25) is 0 Å². The van der Waals surface area contributed by atoms with Gasteiger partial charge in [0, 0.05) is 24.8 Å². The van der Waals surface area contributed by atoms with Gasteiger partial charge in [-0.25, -0.2) is 0 Å². The monoisotopic (exact) mass is 386 g/mol. The third kappa shape index (κ3) is 5.03. The number of nitrogens with one attached hydrogen (secondary N) is 2. The Balaban J connectivity index is 1.61. The summed E-state index contributed by atoms with van der Waals surface area (Å²) in [5.74, 6) is 1.33. The Labute approximate surface area is 161 Å². The fourth-order valence-corrected chi connectivity index (χ4v) is 2.61. The van der Waals surface area contributed by atoms with E-state index in [1.807, 2.05) is 34.9 Å². The molecular weight excluding hydrogens is 366 g/mol. The normalized spacial score (nSPS) is 11.5. The Morgan fingerprint density at radius 2 is 1.79 bits per heavy atom. The fourth-order valence-electron chi connectivity index (χ4n) is 2.61. The SMILES string of the molecule is CN=C(NCc1ccccc1OC(F)F)NCc1nncn1-c1ccccc1. The Morgan fingerprint density at radius 1 is 1.07 bits per heavy atom. The quantitative estimate of drug-likeness (QED) is 0.482. The van der Waals surface area contributed by atoms with E-state index >= 15 is 0 Å². The van der Waals surface area contributed by atoms with E-state index in [1.54, 1.807) is 31.6 Å². The Morgan fingerprint density at radius 3 is 2.54 bits per heavy atom. The maximum Gasteiger partial charge on any atom is 0.387 e. The first-order valence-electron chi connectivity index (χ1n) is 8.59. The highest BCUT2D eigenvalue weighted by atomic mass is 19.3. The van der Waals surface area contributed by atoms with E-state index in [2.05, 4.69) is 30.6 Å². The highest BCUT2D eigenvalue weighted by Crippen LogP contribution is 2.19. The molecule has 1 aromatic heterocycles. The third-order valence-corrected chi connectivity index (χ3v) is 3.93. The molecule has 0 saturated carbocycles. The van der Waals surface area contributed by atoms with E-state index in [4.69, 9.17) is 0 Å². The number of hydrogen-bond donors (Lipinski definition) is 2. The van der Waals surface area contributed by atoms with Gasteiger partial charge >= 0.3 is 6.61 Å². The molecule has 7 nitrogen and oxygen atoms in total. The van der Waals surface area contributed by atoms with Crippen molar-refractivity contribution in [2.75, 3.05) is 7.05 Å². The minimum atomic E-state index is -2.87. The van der Waals surface area contributed by atoms with Gasteiger partial charge < -0.3 is 15.4 Å². The molecule has 9 heteroatoms. The van der Waals surface area contributed by atoms with Gasteiger partial charge in [0.05, 0.1) is 6.54 Å². The number of aromatic nitrogens is 3. The number of ether oxygens (including phenoxy) is 1. The average molecular weight is 386 g/mol. The van der Waals surface area contributed by atoms with Crippen LogP contribution in [0.15, 0.2) is 65.9 Å². The molecule has 0 saturated heterocycles. The van der Waals surface area contributed by atoms with Gasteiger partial charge in [0.25, 0.3) is 0 Å². The summed E-state index contributed by atoms with van der Waals surface area (Å²) in [5.41, 5.74) is 1.54. The number of rotatable bonds is 7. The smallest absolute Gasteiger partial charge is 0.387 e. The van der Waals surface area contributed by atoms with Crippen molar-refractivity contribution in [1.82, 2.24) is 25.4 Å². The summed E-state index contributed by atoms with van der Waals surface area (Å²) in [6.45, 7) is -2.22. The van der Waals surface area contributed by atoms with Gasteiger partial charge in [-0.3, -0.25) is 9.56 Å². The first-order chi connectivity index (χ1) is 13.7. The van der Waals surface area contributed by atoms with Crippen LogP contribution in [-0.2, 0) is 13.1 Å². The van der Waals surface area contributed by atoms with Crippen LogP contribution in [0.3, 0.4) is 0 Å². The number of benzene rings is 2. The van der Waals surface area contributed by atoms with Crippen molar-refractivity contribution in [1.29, 1.82) is 0 Å². The number of hydrogen-bond acceptors (Lipinski definition) is 4. The van der Waals surface area contributed by atoms with Crippen LogP contribution in [0.5, 0.6) is 5.75 Å². The minimum Gasteiger partial charge on any atom is -0.434 e. The molecule has 0 radical (unpaired) electrons. The summed E-state index contributed by atoms with van der Waals surface area (Å²) in [4.78, 5) is 4.14. The van der Waals surface area contributed by atoms with Crippen LogP contribution in [0.4, 0.5) is 8.78 Å². The van der Waals surface area contributed by atoms with E-state index in [9.17, 15) is 8.78 Å². The summed E-state index contributed by atoms with van der Waals surface area (Å²) < 4.78 is 31.5. The van der Waals surface area contributed by atoms with Gasteiger partial charge in [-0.2, -0.15) is 8.78 Å². The van der Waals surface area contributed by atoms with Gasteiger partial charge in [-0.05, 0) is 18.2 Å². The lowest BCUT2D eigenvalue weighted by molar-refractivity contribution is -0.0504. The van der Waals surface area contributed by atoms with Crippen LogP contribution in [0.1, 0.15) is 11.4 Å². The van der Waals surface area contributed by atoms with Crippen molar-refractivity contribution < 1.29 is 13.5 Å². The molecule has 0 atom stereocenters. The molecule has 1 heterocycles. The number of nitrogens with zero attached hydrogens (tertiary/aromatic N) is 4. The van der Waals surface area contributed by atoms with Crippen molar-refractivity contribution in [2.45, 2.75) is 19.7 Å². The van der Waals surface area contributed by atoms with Gasteiger partial charge in [-0.15, -0.1) is 10.2 Å². The number of aliphatic imine (C=N–C) groups is 1. The van der Waals surface area contributed by atoms with Crippen LogP contribution < -0.4 is 15.4 Å². The minimum absolute atomic E-state index is 0.129. The maximum atomic E-state index is 12.5. The van der Waals surface area contributed by atoms with E-state index in [0.29, 0.717) is 23.9 Å². The Hall–Kier alpha value is -3.49. The molecule has 0 spiro atoms. The van der Waals surface area contributed by atoms with Crippen molar-refractivity contribution in [3.05, 3.63) is 72.3 Å². The second-order valence-electron chi connectivity index (χ2n) is 5.72. The fraction of sp³-hybridized carbons (Fsp3) is 0.211. The van der Waals surface area contributed by atoms with Crippen molar-refractivity contribution in [3.8, 4) is 11.4 Å². The molecule has 28 heavy (non-hydrogen) atoms. The highest BCUT2D eigenvalue weighted by molar-refractivity contribution is 5.79. The summed E-state index contributed by atoms with van der Waals surface area (Å²) in [6.07, 6.45) is 1.64. The topological polar surface area (TPSA) is 76.4 Å². The van der Waals surface area contributed by atoms with Crippen LogP contribution in [0, 0.1) is 0 Å². The largest absolute Gasteiger partial charge is 0.434 e. The average Bonchev–Trinajstić information content (AvgIpc) is 3.18. The van der Waals surface area contributed by atoms with Crippen molar-refractivity contribution in [2.24, 2.45) is 4.99 Å². The zero-order valence-electron chi connectivity index (χ0n) is 15.2. The first-order valence-corrected chi connectivity index (χ1v) is 8.59. The molecule has 3 rings (SSSR count).